The summed E-state index contributed by atoms with van der Waals surface area (Å²) >= 11 is 0. The summed E-state index contributed by atoms with van der Waals surface area (Å²) in [6, 6.07) is 4.90. The van der Waals surface area contributed by atoms with Crippen LogP contribution < -0.4 is 0 Å². The Kier molecular flexibility index (Phi) is 3.39. The highest BCUT2D eigenvalue weighted by Crippen LogP contribution is 2.27. The molecule has 6 heteroatoms. The fraction of sp³-hybridized carbons (Fsp3) is 0.294. The van der Waals surface area contributed by atoms with Crippen LogP contribution in [-0.2, 0) is 10.2 Å². The van der Waals surface area contributed by atoms with Crippen molar-refractivity contribution >= 4 is 23.9 Å². The first-order valence-corrected chi connectivity index (χ1v) is 7.33. The van der Waals surface area contributed by atoms with Crippen LogP contribution in [0, 0.1) is 6.92 Å². The van der Waals surface area contributed by atoms with Gasteiger partial charge in [0.25, 0.3) is 0 Å². The fourth-order valence-corrected chi connectivity index (χ4v) is 2.29. The molecule has 0 fully saturated rings. The normalized spacial score (nSPS) is 15.7. The topological polar surface area (TPSA) is 80.4 Å². The first-order chi connectivity index (χ1) is 10.8. The number of benzene rings is 1. The Morgan fingerprint density at radius 2 is 2.04 bits per heavy atom. The van der Waals surface area contributed by atoms with E-state index in [-0.39, 0.29) is 11.2 Å². The van der Waals surface area contributed by atoms with Crippen molar-refractivity contribution in [2.45, 2.75) is 33.1 Å². The van der Waals surface area contributed by atoms with Crippen LogP contribution in [0.1, 0.15) is 38.0 Å². The molecule has 0 saturated heterocycles. The number of hydrogen-bond acceptors (Lipinski definition) is 5. The number of aldehydes is 1. The van der Waals surface area contributed by atoms with Crippen LogP contribution >= 0.6 is 0 Å². The zero-order valence-electron chi connectivity index (χ0n) is 13.5. The number of allylic oxidation sites excluding steroid dienone is 1. The number of aromatic hydroxyl groups is 1. The zero-order valence-corrected chi connectivity index (χ0v) is 13.5. The van der Waals surface area contributed by atoms with Crippen LogP contribution in [0.25, 0.3) is 6.08 Å². The lowest BCUT2D eigenvalue weighted by Gasteiger charge is -2.12. The van der Waals surface area contributed by atoms with Crippen LogP contribution in [0.2, 0.25) is 0 Å². The van der Waals surface area contributed by atoms with Gasteiger partial charge in [-0.15, -0.1) is 5.10 Å². The number of phenolic OH excluding ortho intramolecular Hbond substituents is 1. The van der Waals surface area contributed by atoms with E-state index in [0.29, 0.717) is 28.7 Å². The minimum atomic E-state index is -0.188. The molecule has 3 rings (SSSR count). The Morgan fingerprint density at radius 1 is 1.30 bits per heavy atom. The Morgan fingerprint density at radius 3 is 2.65 bits per heavy atom. The summed E-state index contributed by atoms with van der Waals surface area (Å²) in [4.78, 5) is 20.4. The monoisotopic (exact) mass is 310 g/mol. The van der Waals surface area contributed by atoms with Gasteiger partial charge in [0, 0.05) is 5.41 Å². The second-order valence-electron chi connectivity index (χ2n) is 6.58. The van der Waals surface area contributed by atoms with Crippen LogP contribution in [0.5, 0.6) is 5.75 Å². The highest BCUT2D eigenvalue weighted by atomic mass is 16.3. The van der Waals surface area contributed by atoms with Crippen molar-refractivity contribution in [1.29, 1.82) is 0 Å². The van der Waals surface area contributed by atoms with Crippen LogP contribution in [0.3, 0.4) is 0 Å². The first kappa shape index (κ1) is 15.1. The molecule has 23 heavy (non-hydrogen) atoms. The van der Waals surface area contributed by atoms with E-state index in [2.05, 4.69) is 15.1 Å². The minimum absolute atomic E-state index is 0.181. The molecule has 0 bridgehead atoms. The number of aromatic nitrogens is 3. The summed E-state index contributed by atoms with van der Waals surface area (Å²) in [5.41, 5.74) is 1.73. The number of phenols is 1. The molecule has 1 aliphatic rings. The third-order valence-corrected chi connectivity index (χ3v) is 3.58. The van der Waals surface area contributed by atoms with Gasteiger partial charge in [-0.3, -0.25) is 4.79 Å². The van der Waals surface area contributed by atoms with E-state index in [4.69, 9.17) is 0 Å². The second-order valence-corrected chi connectivity index (χ2v) is 6.58. The van der Waals surface area contributed by atoms with Crippen LogP contribution in [0.4, 0.5) is 5.69 Å². The quantitative estimate of drug-likeness (QED) is 0.865. The molecule has 0 amide bonds. The van der Waals surface area contributed by atoms with Gasteiger partial charge in [0.05, 0.1) is 11.3 Å². The van der Waals surface area contributed by atoms with Gasteiger partial charge in [0.1, 0.15) is 5.75 Å². The molecule has 0 saturated carbocycles. The third kappa shape index (κ3) is 2.67. The van der Waals surface area contributed by atoms with Crippen molar-refractivity contribution in [3.8, 4) is 5.75 Å². The van der Waals surface area contributed by atoms with Gasteiger partial charge in [-0.05, 0) is 36.8 Å². The number of carbonyl (C=O) groups is 1. The Labute approximate surface area is 134 Å². The predicted octanol–water partition coefficient (Wildman–Crippen LogP) is 2.76. The molecule has 1 N–H and O–H groups in total. The molecule has 2 heterocycles. The molecule has 1 aliphatic heterocycles. The van der Waals surface area contributed by atoms with Gasteiger partial charge >= 0.3 is 0 Å². The van der Waals surface area contributed by atoms with Crippen molar-refractivity contribution in [2.24, 2.45) is 4.99 Å². The summed E-state index contributed by atoms with van der Waals surface area (Å²) in [7, 11) is 0. The second kappa shape index (κ2) is 5.15. The molecule has 0 unspecified atom stereocenters. The number of carbonyl (C=O) groups excluding carboxylic acids is 1. The Balaban J connectivity index is 2.13. The van der Waals surface area contributed by atoms with E-state index in [1.165, 1.54) is 0 Å². The number of nitrogens with zero attached hydrogens (tertiary/aromatic N) is 4. The van der Waals surface area contributed by atoms with Gasteiger partial charge in [0.15, 0.2) is 23.8 Å². The molecule has 118 valence electrons. The van der Waals surface area contributed by atoms with Gasteiger partial charge < -0.3 is 5.11 Å². The lowest BCUT2D eigenvalue weighted by atomic mass is 9.96. The van der Waals surface area contributed by atoms with E-state index in [9.17, 15) is 9.90 Å². The van der Waals surface area contributed by atoms with Crippen molar-refractivity contribution in [2.75, 3.05) is 0 Å². The molecule has 6 nitrogen and oxygen atoms in total. The molecular weight excluding hydrogens is 292 g/mol. The maximum absolute atomic E-state index is 11.3. The van der Waals surface area contributed by atoms with Gasteiger partial charge in [0.2, 0.25) is 0 Å². The standard InChI is InChI=1S/C17H18N4O2/c1-10-7-12(23)5-6-13(10)18-15-11(9-22)8-14-19-16(17(2,3)4)20-21(14)15/h5-9,23H,1-4H3. The van der Waals surface area contributed by atoms with E-state index >= 15 is 0 Å². The molecule has 0 atom stereocenters. The highest BCUT2D eigenvalue weighted by molar-refractivity contribution is 6.21. The fourth-order valence-electron chi connectivity index (χ4n) is 2.29. The van der Waals surface area contributed by atoms with E-state index in [1.807, 2.05) is 27.7 Å². The Hall–Kier alpha value is -2.76. The lowest BCUT2D eigenvalue weighted by molar-refractivity contribution is -0.104. The average Bonchev–Trinajstić information content (AvgIpc) is 3.00. The van der Waals surface area contributed by atoms with E-state index in [0.717, 1.165) is 11.8 Å². The van der Waals surface area contributed by atoms with Crippen LogP contribution in [0.15, 0.2) is 28.8 Å². The summed E-state index contributed by atoms with van der Waals surface area (Å²) in [5, 5.41) is 14.0. The minimum Gasteiger partial charge on any atom is -0.508 e. The summed E-state index contributed by atoms with van der Waals surface area (Å²) in [6.07, 6.45) is 2.44. The van der Waals surface area contributed by atoms with E-state index < -0.39 is 0 Å². The Bertz CT molecular complexity index is 854. The van der Waals surface area contributed by atoms with Crippen LogP contribution in [-0.4, -0.2) is 32.0 Å². The maximum Gasteiger partial charge on any atom is 0.167 e. The van der Waals surface area contributed by atoms with E-state index in [1.54, 1.807) is 29.0 Å². The number of aliphatic imine (C=N–C) groups is 1. The van der Waals surface area contributed by atoms with Crippen molar-refractivity contribution < 1.29 is 9.90 Å². The van der Waals surface area contributed by atoms with Gasteiger partial charge in [-0.2, -0.15) is 4.68 Å². The van der Waals surface area contributed by atoms with Crippen molar-refractivity contribution in [3.63, 3.8) is 0 Å². The predicted molar refractivity (Wildman–Crippen MR) is 88.1 cm³/mol. The number of rotatable bonds is 2. The molecule has 1 aromatic carbocycles. The summed E-state index contributed by atoms with van der Waals surface area (Å²) in [6.45, 7) is 7.94. The highest BCUT2D eigenvalue weighted by Gasteiger charge is 2.28. The smallest absolute Gasteiger partial charge is 0.167 e. The lowest BCUT2D eigenvalue weighted by Crippen LogP contribution is -2.17. The largest absolute Gasteiger partial charge is 0.508 e. The number of aryl methyl sites for hydroxylation is 1. The third-order valence-electron chi connectivity index (χ3n) is 3.58. The van der Waals surface area contributed by atoms with Crippen molar-refractivity contribution in [3.05, 3.63) is 41.0 Å². The van der Waals surface area contributed by atoms with Gasteiger partial charge in [-0.25, -0.2) is 9.98 Å². The molecular formula is C17H18N4O2. The summed E-state index contributed by atoms with van der Waals surface area (Å²) in [5.74, 6) is 1.93. The zero-order chi connectivity index (χ0) is 16.8. The first-order valence-electron chi connectivity index (χ1n) is 7.33. The van der Waals surface area contributed by atoms with Gasteiger partial charge in [-0.1, -0.05) is 20.8 Å². The SMILES string of the molecule is Cc1cc(O)ccc1N=C1C(C=O)=Cc2nc(C(C)(C)C)nn21. The number of hydrogen-bond donors (Lipinski definition) is 1. The molecule has 0 aliphatic carbocycles. The molecule has 2 aromatic rings. The molecule has 0 radical (unpaired) electrons. The van der Waals surface area contributed by atoms with Crippen molar-refractivity contribution in [1.82, 2.24) is 14.8 Å². The molecule has 0 spiro atoms. The molecule has 1 aromatic heterocycles. The number of fused-ring (bicyclic) bond motifs is 1. The summed E-state index contributed by atoms with van der Waals surface area (Å²) < 4.78 is 1.59. The average molecular weight is 310 g/mol. The maximum atomic E-state index is 11.3.